The average Bonchev–Trinajstić information content (AvgIpc) is 2.99. The van der Waals surface area contributed by atoms with Crippen molar-refractivity contribution in [2.75, 3.05) is 6.61 Å². The fourth-order valence-corrected chi connectivity index (χ4v) is 2.38. The molecule has 0 spiro atoms. The molecule has 1 saturated heterocycles. The Kier molecular flexibility index (Phi) is 3.33. The zero-order chi connectivity index (χ0) is 13.2. The van der Waals surface area contributed by atoms with Crippen LogP contribution in [-0.4, -0.2) is 26.6 Å². The summed E-state index contributed by atoms with van der Waals surface area (Å²) in [4.78, 5) is 4.25. The van der Waals surface area contributed by atoms with Gasteiger partial charge in [0.15, 0.2) is 5.89 Å². The molecule has 0 bridgehead atoms. The van der Waals surface area contributed by atoms with Gasteiger partial charge in [-0.2, -0.15) is 0 Å². The normalized spacial score (nSPS) is 19.8. The van der Waals surface area contributed by atoms with E-state index in [-0.39, 0.29) is 6.10 Å². The van der Waals surface area contributed by atoms with Crippen LogP contribution in [0.3, 0.4) is 0 Å². The lowest BCUT2D eigenvalue weighted by Gasteiger charge is -2.19. The molecule has 6 nitrogen and oxygen atoms in total. The van der Waals surface area contributed by atoms with Crippen LogP contribution in [0, 0.1) is 13.8 Å². The van der Waals surface area contributed by atoms with E-state index in [2.05, 4.69) is 15.3 Å². The average molecular weight is 262 g/mol. The summed E-state index contributed by atoms with van der Waals surface area (Å²) in [5, 5.41) is 8.33. The number of nitrogens with zero attached hydrogens (tertiary/aromatic N) is 4. The van der Waals surface area contributed by atoms with Crippen LogP contribution in [0.1, 0.15) is 48.4 Å². The van der Waals surface area contributed by atoms with Crippen molar-refractivity contribution in [1.82, 2.24) is 20.0 Å². The number of rotatable bonds is 3. The molecule has 6 heteroatoms. The molecule has 19 heavy (non-hydrogen) atoms. The van der Waals surface area contributed by atoms with Crippen LogP contribution in [-0.2, 0) is 11.3 Å². The van der Waals surface area contributed by atoms with Gasteiger partial charge in [-0.3, -0.25) is 0 Å². The van der Waals surface area contributed by atoms with E-state index in [1.54, 1.807) is 4.68 Å². The second-order valence-electron chi connectivity index (χ2n) is 4.94. The van der Waals surface area contributed by atoms with E-state index in [9.17, 15) is 0 Å². The van der Waals surface area contributed by atoms with E-state index in [0.717, 1.165) is 36.6 Å². The first-order valence-corrected chi connectivity index (χ1v) is 6.67. The SMILES string of the molecule is Cc1nc(C)c(Cn2cc(C3CCCCO3)nn2)o1. The van der Waals surface area contributed by atoms with Gasteiger partial charge in [0, 0.05) is 13.5 Å². The summed E-state index contributed by atoms with van der Waals surface area (Å²) in [6.07, 6.45) is 5.39. The summed E-state index contributed by atoms with van der Waals surface area (Å²) < 4.78 is 13.0. The van der Waals surface area contributed by atoms with E-state index >= 15 is 0 Å². The van der Waals surface area contributed by atoms with Crippen molar-refractivity contribution in [2.45, 2.75) is 45.8 Å². The number of hydrogen-bond donors (Lipinski definition) is 0. The number of ether oxygens (including phenoxy) is 1. The molecule has 0 radical (unpaired) electrons. The largest absolute Gasteiger partial charge is 0.444 e. The Labute approximate surface area is 111 Å². The molecule has 0 saturated carbocycles. The van der Waals surface area contributed by atoms with Crippen LogP contribution in [0.2, 0.25) is 0 Å². The first-order valence-electron chi connectivity index (χ1n) is 6.67. The zero-order valence-electron chi connectivity index (χ0n) is 11.3. The molecule has 0 N–H and O–H groups in total. The molecule has 1 aliphatic heterocycles. The molecule has 3 rings (SSSR count). The smallest absolute Gasteiger partial charge is 0.191 e. The molecule has 3 heterocycles. The van der Waals surface area contributed by atoms with Crippen LogP contribution in [0.15, 0.2) is 10.6 Å². The highest BCUT2D eigenvalue weighted by atomic mass is 16.5. The Morgan fingerprint density at radius 3 is 2.95 bits per heavy atom. The molecular weight excluding hydrogens is 244 g/mol. The molecule has 0 aliphatic carbocycles. The van der Waals surface area contributed by atoms with Gasteiger partial charge in [-0.15, -0.1) is 5.10 Å². The van der Waals surface area contributed by atoms with Crippen LogP contribution in [0.25, 0.3) is 0 Å². The number of hydrogen-bond acceptors (Lipinski definition) is 5. The molecule has 0 aromatic carbocycles. The standard InChI is InChI=1S/C13H18N4O2/c1-9-13(19-10(2)14-9)8-17-7-11(15-16-17)12-5-3-4-6-18-12/h7,12H,3-6,8H2,1-2H3. The lowest BCUT2D eigenvalue weighted by Crippen LogP contribution is -2.11. The highest BCUT2D eigenvalue weighted by Crippen LogP contribution is 2.26. The van der Waals surface area contributed by atoms with E-state index < -0.39 is 0 Å². The first kappa shape index (κ1) is 12.3. The second-order valence-corrected chi connectivity index (χ2v) is 4.94. The Balaban J connectivity index is 1.72. The van der Waals surface area contributed by atoms with Gasteiger partial charge in [0.25, 0.3) is 0 Å². The van der Waals surface area contributed by atoms with Crippen molar-refractivity contribution < 1.29 is 9.15 Å². The van der Waals surface area contributed by atoms with Crippen molar-refractivity contribution in [3.63, 3.8) is 0 Å². The second kappa shape index (κ2) is 5.13. The molecule has 102 valence electrons. The summed E-state index contributed by atoms with van der Waals surface area (Å²) in [6, 6.07) is 0. The van der Waals surface area contributed by atoms with Crippen LogP contribution < -0.4 is 0 Å². The quantitative estimate of drug-likeness (QED) is 0.848. The topological polar surface area (TPSA) is 66.0 Å². The van der Waals surface area contributed by atoms with Gasteiger partial charge in [-0.1, -0.05) is 5.21 Å². The first-order chi connectivity index (χ1) is 9.22. The fraction of sp³-hybridized carbons (Fsp3) is 0.615. The summed E-state index contributed by atoms with van der Waals surface area (Å²) in [5.74, 6) is 1.52. The van der Waals surface area contributed by atoms with E-state index in [0.29, 0.717) is 12.4 Å². The fourth-order valence-electron chi connectivity index (χ4n) is 2.38. The molecule has 1 fully saturated rings. The Bertz CT molecular complexity index is 555. The van der Waals surface area contributed by atoms with Crippen molar-refractivity contribution >= 4 is 0 Å². The maximum Gasteiger partial charge on any atom is 0.191 e. The van der Waals surface area contributed by atoms with E-state index in [1.165, 1.54) is 6.42 Å². The zero-order valence-corrected chi connectivity index (χ0v) is 11.3. The third kappa shape index (κ3) is 2.68. The Hall–Kier alpha value is -1.69. The molecular formula is C13H18N4O2. The van der Waals surface area contributed by atoms with Gasteiger partial charge < -0.3 is 9.15 Å². The molecule has 2 aromatic rings. The van der Waals surface area contributed by atoms with Gasteiger partial charge in [0.1, 0.15) is 24.1 Å². The molecule has 2 aromatic heterocycles. The highest BCUT2D eigenvalue weighted by molar-refractivity contribution is 5.08. The lowest BCUT2D eigenvalue weighted by atomic mass is 10.1. The van der Waals surface area contributed by atoms with Crippen molar-refractivity contribution in [2.24, 2.45) is 0 Å². The minimum Gasteiger partial charge on any atom is -0.444 e. The molecule has 1 unspecified atom stereocenters. The monoisotopic (exact) mass is 262 g/mol. The molecule has 1 aliphatic rings. The summed E-state index contributed by atoms with van der Waals surface area (Å²) >= 11 is 0. The summed E-state index contributed by atoms with van der Waals surface area (Å²) in [7, 11) is 0. The minimum atomic E-state index is 0.0973. The Morgan fingerprint density at radius 2 is 2.26 bits per heavy atom. The summed E-state index contributed by atoms with van der Waals surface area (Å²) in [6.45, 7) is 5.16. The van der Waals surface area contributed by atoms with Crippen LogP contribution in [0.5, 0.6) is 0 Å². The maximum absolute atomic E-state index is 5.70. The summed E-state index contributed by atoms with van der Waals surface area (Å²) in [5.41, 5.74) is 1.82. The van der Waals surface area contributed by atoms with E-state index in [1.807, 2.05) is 20.0 Å². The van der Waals surface area contributed by atoms with Gasteiger partial charge in [0.2, 0.25) is 0 Å². The number of aryl methyl sites for hydroxylation is 2. The van der Waals surface area contributed by atoms with Gasteiger partial charge in [-0.05, 0) is 26.2 Å². The van der Waals surface area contributed by atoms with Gasteiger partial charge >= 0.3 is 0 Å². The number of oxazole rings is 1. The Morgan fingerprint density at radius 1 is 1.37 bits per heavy atom. The van der Waals surface area contributed by atoms with E-state index in [4.69, 9.17) is 9.15 Å². The maximum atomic E-state index is 5.70. The molecule has 1 atom stereocenters. The van der Waals surface area contributed by atoms with Crippen LogP contribution in [0.4, 0.5) is 0 Å². The van der Waals surface area contributed by atoms with Crippen molar-refractivity contribution in [3.8, 4) is 0 Å². The minimum absolute atomic E-state index is 0.0973. The van der Waals surface area contributed by atoms with Gasteiger partial charge in [-0.25, -0.2) is 9.67 Å². The highest BCUT2D eigenvalue weighted by Gasteiger charge is 2.19. The third-order valence-corrected chi connectivity index (χ3v) is 3.37. The number of aromatic nitrogens is 4. The van der Waals surface area contributed by atoms with Crippen molar-refractivity contribution in [1.29, 1.82) is 0 Å². The predicted octanol–water partition coefficient (Wildman–Crippen LogP) is 2.17. The lowest BCUT2D eigenvalue weighted by molar-refractivity contribution is 0.0122. The molecule has 0 amide bonds. The third-order valence-electron chi connectivity index (χ3n) is 3.37. The van der Waals surface area contributed by atoms with Gasteiger partial charge in [0.05, 0.1) is 11.9 Å². The predicted molar refractivity (Wildman–Crippen MR) is 67.6 cm³/mol. The van der Waals surface area contributed by atoms with Crippen molar-refractivity contribution in [3.05, 3.63) is 29.2 Å². The van der Waals surface area contributed by atoms with Crippen LogP contribution >= 0.6 is 0 Å².